The Bertz CT molecular complexity index is 1050. The molecule has 0 bridgehead atoms. The second kappa shape index (κ2) is 10.7. The van der Waals surface area contributed by atoms with Gasteiger partial charge in [0, 0.05) is 23.0 Å². The molecule has 10 heteroatoms. The Balaban J connectivity index is 1.76. The van der Waals surface area contributed by atoms with Gasteiger partial charge >= 0.3 is 5.97 Å². The SMILES string of the molecule is N#CCC(CC(Cc1ccc(-c2cc(Cl)ccc2F)cc1)NC(=O)C1CN=NN1)C(=O)O. The molecule has 2 aromatic rings. The summed E-state index contributed by atoms with van der Waals surface area (Å²) in [6.45, 7) is 0.193. The van der Waals surface area contributed by atoms with Crippen molar-refractivity contribution in [2.75, 3.05) is 6.54 Å². The normalized spacial score (nSPS) is 16.6. The van der Waals surface area contributed by atoms with Crippen molar-refractivity contribution in [1.82, 2.24) is 10.7 Å². The molecule has 0 saturated heterocycles. The Kier molecular flexibility index (Phi) is 7.73. The lowest BCUT2D eigenvalue weighted by atomic mass is 9.92. The molecule has 0 radical (unpaired) electrons. The van der Waals surface area contributed by atoms with Crippen LogP contribution in [0.4, 0.5) is 4.39 Å². The topological polar surface area (TPSA) is 127 Å². The Morgan fingerprint density at radius 2 is 2.06 bits per heavy atom. The minimum absolute atomic E-state index is 0.0836. The van der Waals surface area contributed by atoms with Crippen LogP contribution in [0, 0.1) is 23.1 Å². The molecule has 1 amide bonds. The molecule has 3 rings (SSSR count). The molecular formula is C22H21ClFN5O3. The number of nitrogens with one attached hydrogen (secondary N) is 2. The number of nitrogens with zero attached hydrogens (tertiary/aromatic N) is 3. The molecule has 0 fully saturated rings. The smallest absolute Gasteiger partial charge is 0.307 e. The van der Waals surface area contributed by atoms with Gasteiger partial charge in [0.2, 0.25) is 5.91 Å². The number of carboxylic acids is 1. The van der Waals surface area contributed by atoms with Crippen LogP contribution in [-0.2, 0) is 16.0 Å². The summed E-state index contributed by atoms with van der Waals surface area (Å²) < 4.78 is 14.1. The van der Waals surface area contributed by atoms with Gasteiger partial charge in [-0.15, -0.1) is 0 Å². The van der Waals surface area contributed by atoms with Crippen molar-refractivity contribution in [2.45, 2.75) is 31.3 Å². The Morgan fingerprint density at radius 3 is 2.69 bits per heavy atom. The number of halogens is 2. The van der Waals surface area contributed by atoms with Crippen molar-refractivity contribution in [1.29, 1.82) is 5.26 Å². The highest BCUT2D eigenvalue weighted by Crippen LogP contribution is 2.27. The van der Waals surface area contributed by atoms with Crippen LogP contribution in [0.2, 0.25) is 5.02 Å². The predicted molar refractivity (Wildman–Crippen MR) is 115 cm³/mol. The summed E-state index contributed by atoms with van der Waals surface area (Å²) in [5.74, 6) is -2.76. The van der Waals surface area contributed by atoms with Gasteiger partial charge in [-0.25, -0.2) is 4.39 Å². The number of rotatable bonds is 9. The number of carbonyl (C=O) groups is 2. The van der Waals surface area contributed by atoms with Gasteiger partial charge in [-0.3, -0.25) is 15.0 Å². The Hall–Kier alpha value is -3.51. The molecule has 166 valence electrons. The van der Waals surface area contributed by atoms with Gasteiger partial charge in [0.15, 0.2) is 0 Å². The predicted octanol–water partition coefficient (Wildman–Crippen LogP) is 3.52. The third-order valence-electron chi connectivity index (χ3n) is 5.14. The van der Waals surface area contributed by atoms with E-state index in [1.54, 1.807) is 30.3 Å². The first-order valence-electron chi connectivity index (χ1n) is 9.94. The first kappa shape index (κ1) is 23.2. The van der Waals surface area contributed by atoms with E-state index in [1.807, 2.05) is 6.07 Å². The summed E-state index contributed by atoms with van der Waals surface area (Å²) in [6.07, 6.45) is 0.252. The van der Waals surface area contributed by atoms with E-state index in [9.17, 15) is 19.1 Å². The molecule has 1 aliphatic rings. The second-order valence-electron chi connectivity index (χ2n) is 7.47. The van der Waals surface area contributed by atoms with E-state index < -0.39 is 29.8 Å². The zero-order valence-electron chi connectivity index (χ0n) is 17.0. The van der Waals surface area contributed by atoms with Crippen LogP contribution in [0.3, 0.4) is 0 Å². The van der Waals surface area contributed by atoms with Crippen LogP contribution in [0.25, 0.3) is 11.1 Å². The van der Waals surface area contributed by atoms with Gasteiger partial charge in [-0.1, -0.05) is 41.1 Å². The summed E-state index contributed by atoms with van der Waals surface area (Å²) in [5, 5.41) is 28.9. The van der Waals surface area contributed by atoms with Gasteiger partial charge < -0.3 is 10.4 Å². The quantitative estimate of drug-likeness (QED) is 0.531. The minimum Gasteiger partial charge on any atom is -0.481 e. The summed E-state index contributed by atoms with van der Waals surface area (Å²) in [7, 11) is 0. The zero-order chi connectivity index (χ0) is 23.1. The van der Waals surface area contributed by atoms with Crippen molar-refractivity contribution < 1.29 is 19.1 Å². The van der Waals surface area contributed by atoms with Gasteiger partial charge in [-0.05, 0) is 42.2 Å². The molecule has 0 spiro atoms. The molecule has 2 aromatic carbocycles. The molecule has 1 heterocycles. The molecule has 0 aliphatic carbocycles. The van der Waals surface area contributed by atoms with Crippen molar-refractivity contribution in [3.8, 4) is 17.2 Å². The van der Waals surface area contributed by atoms with Gasteiger partial charge in [0.05, 0.1) is 18.5 Å². The summed E-state index contributed by atoms with van der Waals surface area (Å²) in [5.41, 5.74) is 4.42. The third-order valence-corrected chi connectivity index (χ3v) is 5.38. The largest absolute Gasteiger partial charge is 0.481 e. The highest BCUT2D eigenvalue weighted by molar-refractivity contribution is 6.30. The fourth-order valence-corrected chi connectivity index (χ4v) is 3.63. The minimum atomic E-state index is -1.10. The van der Waals surface area contributed by atoms with Gasteiger partial charge in [0.25, 0.3) is 0 Å². The number of nitriles is 1. The molecule has 3 atom stereocenters. The maximum atomic E-state index is 14.1. The lowest BCUT2D eigenvalue weighted by molar-refractivity contribution is -0.142. The van der Waals surface area contributed by atoms with Crippen molar-refractivity contribution in [3.63, 3.8) is 0 Å². The van der Waals surface area contributed by atoms with Crippen molar-refractivity contribution in [3.05, 3.63) is 58.9 Å². The molecule has 1 aliphatic heterocycles. The average Bonchev–Trinajstić information content (AvgIpc) is 3.31. The van der Waals surface area contributed by atoms with E-state index in [4.69, 9.17) is 16.9 Å². The fourth-order valence-electron chi connectivity index (χ4n) is 3.46. The number of aliphatic carboxylic acids is 1. The standard InChI is InChI=1S/C22H21ClFN5O3/c23-16-5-6-19(24)18(11-16)14-3-1-13(2-4-14)9-17(10-15(7-8-25)22(31)32)27-21(30)20-12-26-29-28-20/h1-6,11,15,17,20H,7,9-10,12H2,(H,26,28)(H,27,30)(H,31,32). The first-order chi connectivity index (χ1) is 15.4. The van der Waals surface area contributed by atoms with Gasteiger partial charge in [-0.2, -0.15) is 10.4 Å². The van der Waals surface area contributed by atoms with Crippen molar-refractivity contribution in [2.24, 2.45) is 16.3 Å². The van der Waals surface area contributed by atoms with Crippen LogP contribution in [0.1, 0.15) is 18.4 Å². The number of hydrogen-bond acceptors (Lipinski definition) is 6. The molecular weight excluding hydrogens is 437 g/mol. The number of hydrogen-bond donors (Lipinski definition) is 3. The highest BCUT2D eigenvalue weighted by atomic mass is 35.5. The van der Waals surface area contributed by atoms with Crippen LogP contribution in [0.5, 0.6) is 0 Å². The summed E-state index contributed by atoms with van der Waals surface area (Å²) in [6, 6.07) is 12.1. The van der Waals surface area contributed by atoms with Crippen LogP contribution < -0.4 is 10.7 Å². The first-order valence-corrected chi connectivity index (χ1v) is 10.3. The molecule has 32 heavy (non-hydrogen) atoms. The number of benzene rings is 2. The number of carboxylic acid groups (broad SMARTS) is 1. The average molecular weight is 458 g/mol. The van der Waals surface area contributed by atoms with E-state index in [1.165, 1.54) is 12.1 Å². The van der Waals surface area contributed by atoms with Gasteiger partial charge in [0.1, 0.15) is 11.9 Å². The Labute approximate surface area is 189 Å². The number of carbonyl (C=O) groups excluding carboxylic acids is 1. The summed E-state index contributed by atoms with van der Waals surface area (Å²) in [4.78, 5) is 24.0. The molecule has 0 aromatic heterocycles. The zero-order valence-corrected chi connectivity index (χ0v) is 17.7. The molecule has 3 N–H and O–H groups in total. The monoisotopic (exact) mass is 457 g/mol. The molecule has 0 saturated carbocycles. The fraction of sp³-hybridized carbons (Fsp3) is 0.318. The number of amides is 1. The lowest BCUT2D eigenvalue weighted by Crippen LogP contribution is -2.47. The van der Waals surface area contributed by atoms with E-state index in [0.717, 1.165) is 5.56 Å². The van der Waals surface area contributed by atoms with E-state index in [-0.39, 0.29) is 25.3 Å². The highest BCUT2D eigenvalue weighted by Gasteiger charge is 2.28. The van der Waals surface area contributed by atoms with Crippen LogP contribution in [-0.4, -0.2) is 35.6 Å². The van der Waals surface area contributed by atoms with E-state index in [0.29, 0.717) is 22.6 Å². The van der Waals surface area contributed by atoms with Crippen LogP contribution in [0.15, 0.2) is 52.8 Å². The van der Waals surface area contributed by atoms with Crippen LogP contribution >= 0.6 is 11.6 Å². The Morgan fingerprint density at radius 1 is 1.31 bits per heavy atom. The third kappa shape index (κ3) is 6.02. The maximum Gasteiger partial charge on any atom is 0.307 e. The lowest BCUT2D eigenvalue weighted by Gasteiger charge is -2.23. The summed E-state index contributed by atoms with van der Waals surface area (Å²) >= 11 is 5.97. The molecule has 3 unspecified atom stereocenters. The maximum absolute atomic E-state index is 14.1. The van der Waals surface area contributed by atoms with E-state index >= 15 is 0 Å². The van der Waals surface area contributed by atoms with E-state index in [2.05, 4.69) is 21.1 Å². The van der Waals surface area contributed by atoms with Crippen molar-refractivity contribution >= 4 is 23.5 Å². The second-order valence-corrected chi connectivity index (χ2v) is 7.91. The molecule has 8 nitrogen and oxygen atoms in total.